The molecule has 0 spiro atoms. The number of carbonyl (C=O) groups excluding carboxylic acids is 2. The molecular weight excluding hydrogens is 354 g/mol. The largest absolute Gasteiger partial charge is 0.350 e. The highest BCUT2D eigenvalue weighted by atomic mass is 16.2. The molecule has 0 saturated carbocycles. The van der Waals surface area contributed by atoms with Gasteiger partial charge in [-0.2, -0.15) is 5.10 Å². The lowest BCUT2D eigenvalue weighted by atomic mass is 10.2. The van der Waals surface area contributed by atoms with E-state index >= 15 is 0 Å². The molecule has 0 saturated heterocycles. The lowest BCUT2D eigenvalue weighted by molar-refractivity contribution is 0.0844. The Kier molecular flexibility index (Phi) is 4.41. The predicted octanol–water partition coefficient (Wildman–Crippen LogP) is 3.05. The molecule has 28 heavy (non-hydrogen) atoms. The van der Waals surface area contributed by atoms with Gasteiger partial charge >= 0.3 is 0 Å². The van der Waals surface area contributed by atoms with Gasteiger partial charge in [0.1, 0.15) is 5.69 Å². The van der Waals surface area contributed by atoms with Crippen molar-refractivity contribution in [1.82, 2.24) is 25.6 Å². The summed E-state index contributed by atoms with van der Waals surface area (Å²) < 4.78 is 1.81. The molecule has 0 fully saturated rings. The van der Waals surface area contributed by atoms with E-state index in [2.05, 4.69) is 20.9 Å². The zero-order chi connectivity index (χ0) is 19.7. The van der Waals surface area contributed by atoms with E-state index in [4.69, 9.17) is 0 Å². The van der Waals surface area contributed by atoms with Crippen LogP contribution in [0.5, 0.6) is 0 Å². The Labute approximate surface area is 161 Å². The third-order valence-electron chi connectivity index (χ3n) is 4.45. The number of rotatable bonds is 3. The first kappa shape index (κ1) is 17.5. The summed E-state index contributed by atoms with van der Waals surface area (Å²) >= 11 is 0. The van der Waals surface area contributed by atoms with Crippen LogP contribution in [0.1, 0.15) is 32.2 Å². The van der Waals surface area contributed by atoms with Gasteiger partial charge in [-0.25, -0.2) is 4.68 Å². The number of hydrogen-bond donors (Lipinski definition) is 3. The number of nitrogens with zero attached hydrogens (tertiary/aromatic N) is 2. The highest BCUT2D eigenvalue weighted by Crippen LogP contribution is 2.15. The van der Waals surface area contributed by atoms with Gasteiger partial charge in [0, 0.05) is 22.2 Å². The van der Waals surface area contributed by atoms with E-state index in [-0.39, 0.29) is 0 Å². The van der Waals surface area contributed by atoms with Gasteiger partial charge in [0.2, 0.25) is 0 Å². The molecule has 3 N–H and O–H groups in total. The van der Waals surface area contributed by atoms with Gasteiger partial charge in [0.25, 0.3) is 11.8 Å². The van der Waals surface area contributed by atoms with Crippen LogP contribution in [0.3, 0.4) is 0 Å². The zero-order valence-electron chi connectivity index (χ0n) is 15.5. The van der Waals surface area contributed by atoms with Crippen LogP contribution < -0.4 is 10.9 Å². The fourth-order valence-electron chi connectivity index (χ4n) is 3.09. The van der Waals surface area contributed by atoms with Crippen molar-refractivity contribution in [3.8, 4) is 5.69 Å². The van der Waals surface area contributed by atoms with E-state index in [1.807, 2.05) is 61.0 Å². The van der Waals surface area contributed by atoms with Gasteiger partial charge < -0.3 is 4.98 Å². The van der Waals surface area contributed by atoms with Gasteiger partial charge in [0.05, 0.1) is 11.4 Å². The number of hydrazine groups is 1. The third kappa shape index (κ3) is 3.37. The number of benzene rings is 2. The van der Waals surface area contributed by atoms with E-state index in [1.165, 1.54) is 0 Å². The second-order valence-electron chi connectivity index (χ2n) is 6.56. The van der Waals surface area contributed by atoms with Crippen molar-refractivity contribution >= 4 is 22.7 Å². The number of aromatic amines is 1. The van der Waals surface area contributed by atoms with Crippen molar-refractivity contribution in [3.63, 3.8) is 0 Å². The highest BCUT2D eigenvalue weighted by Gasteiger charge is 2.12. The van der Waals surface area contributed by atoms with Crippen molar-refractivity contribution in [2.45, 2.75) is 13.8 Å². The van der Waals surface area contributed by atoms with Crippen molar-refractivity contribution in [2.24, 2.45) is 0 Å². The summed E-state index contributed by atoms with van der Waals surface area (Å²) in [6, 6.07) is 18.3. The Morgan fingerprint density at radius 1 is 0.929 bits per heavy atom. The second-order valence-corrected chi connectivity index (χ2v) is 6.56. The highest BCUT2D eigenvalue weighted by molar-refractivity contribution is 6.00. The number of carbonyl (C=O) groups is 2. The smallest absolute Gasteiger partial charge is 0.286 e. The average molecular weight is 373 g/mol. The first-order chi connectivity index (χ1) is 13.5. The van der Waals surface area contributed by atoms with Crippen molar-refractivity contribution in [1.29, 1.82) is 0 Å². The molecule has 7 nitrogen and oxygen atoms in total. The van der Waals surface area contributed by atoms with Gasteiger partial charge in [-0.05, 0) is 56.3 Å². The van der Waals surface area contributed by atoms with Crippen molar-refractivity contribution < 1.29 is 9.59 Å². The molecule has 0 unspecified atom stereocenters. The predicted molar refractivity (Wildman–Crippen MR) is 106 cm³/mol. The summed E-state index contributed by atoms with van der Waals surface area (Å²) in [5.74, 6) is -0.812. The quantitative estimate of drug-likeness (QED) is 0.482. The Morgan fingerprint density at radius 2 is 1.64 bits per heavy atom. The molecular formula is C21H19N5O2. The van der Waals surface area contributed by atoms with Gasteiger partial charge in [-0.3, -0.25) is 20.4 Å². The SMILES string of the molecule is Cc1cc(C)n(-c2ccc(C(=O)NNC(=O)c3cc4ccccc4[nH]3)cc2)n1. The van der Waals surface area contributed by atoms with Crippen molar-refractivity contribution in [3.05, 3.63) is 83.3 Å². The maximum atomic E-state index is 12.3. The fourth-order valence-corrected chi connectivity index (χ4v) is 3.09. The van der Waals surface area contributed by atoms with Crippen LogP contribution >= 0.6 is 0 Å². The number of aryl methyl sites for hydroxylation is 2. The van der Waals surface area contributed by atoms with E-state index in [0.29, 0.717) is 11.3 Å². The summed E-state index contributed by atoms with van der Waals surface area (Å²) in [5.41, 5.74) is 9.34. The lowest BCUT2D eigenvalue weighted by Gasteiger charge is -2.08. The maximum Gasteiger partial charge on any atom is 0.286 e. The molecule has 4 rings (SSSR count). The first-order valence-corrected chi connectivity index (χ1v) is 8.83. The lowest BCUT2D eigenvalue weighted by Crippen LogP contribution is -2.41. The summed E-state index contributed by atoms with van der Waals surface area (Å²) in [4.78, 5) is 27.6. The molecule has 0 bridgehead atoms. The number of H-pyrrole nitrogens is 1. The molecule has 0 aliphatic heterocycles. The monoisotopic (exact) mass is 373 g/mol. The van der Waals surface area contributed by atoms with Crippen molar-refractivity contribution in [2.75, 3.05) is 0 Å². The normalized spacial score (nSPS) is 10.8. The van der Waals surface area contributed by atoms with E-state index in [1.54, 1.807) is 18.2 Å². The Hall–Kier alpha value is -3.87. The van der Waals surface area contributed by atoms with Crippen LogP contribution in [0.4, 0.5) is 0 Å². The minimum Gasteiger partial charge on any atom is -0.350 e. The minimum absolute atomic E-state index is 0.376. The number of nitrogens with one attached hydrogen (secondary N) is 3. The topological polar surface area (TPSA) is 91.8 Å². The average Bonchev–Trinajstić information content (AvgIpc) is 3.28. The number of para-hydroxylation sites is 1. The summed E-state index contributed by atoms with van der Waals surface area (Å²) in [7, 11) is 0. The number of hydrogen-bond acceptors (Lipinski definition) is 3. The molecule has 0 aliphatic rings. The van der Waals surface area contributed by atoms with Gasteiger partial charge in [0.15, 0.2) is 0 Å². The van der Waals surface area contributed by atoms with Gasteiger partial charge in [-0.1, -0.05) is 18.2 Å². The van der Waals surface area contributed by atoms with Crippen LogP contribution in [0, 0.1) is 13.8 Å². The van der Waals surface area contributed by atoms with Crippen LogP contribution in [0.25, 0.3) is 16.6 Å². The maximum absolute atomic E-state index is 12.3. The summed E-state index contributed by atoms with van der Waals surface area (Å²) in [6.07, 6.45) is 0. The standard InChI is InChI=1S/C21H19N5O2/c1-13-11-14(2)26(25-13)17-9-7-15(8-10-17)20(27)23-24-21(28)19-12-16-5-3-4-6-18(16)22-19/h3-12,22H,1-2H3,(H,23,27)(H,24,28). The number of fused-ring (bicyclic) bond motifs is 1. The molecule has 0 radical (unpaired) electrons. The second kappa shape index (κ2) is 7.03. The molecule has 4 aromatic rings. The first-order valence-electron chi connectivity index (χ1n) is 8.83. The molecule has 7 heteroatoms. The van der Waals surface area contributed by atoms with E-state index in [0.717, 1.165) is 28.0 Å². The molecule has 0 atom stereocenters. The third-order valence-corrected chi connectivity index (χ3v) is 4.45. The Morgan fingerprint density at radius 3 is 2.32 bits per heavy atom. The number of amides is 2. The van der Waals surface area contributed by atoms with Crippen LogP contribution in [0.2, 0.25) is 0 Å². The van der Waals surface area contributed by atoms with Crippen LogP contribution in [-0.2, 0) is 0 Å². The van der Waals surface area contributed by atoms with Crippen LogP contribution in [-0.4, -0.2) is 26.6 Å². The number of aromatic nitrogens is 3. The molecule has 2 heterocycles. The fraction of sp³-hybridized carbons (Fsp3) is 0.0952. The minimum atomic E-state index is -0.413. The molecule has 2 amide bonds. The molecule has 0 aliphatic carbocycles. The Balaban J connectivity index is 1.42. The van der Waals surface area contributed by atoms with Gasteiger partial charge in [-0.15, -0.1) is 0 Å². The molecule has 140 valence electrons. The Bertz CT molecular complexity index is 1140. The van der Waals surface area contributed by atoms with E-state index in [9.17, 15) is 9.59 Å². The van der Waals surface area contributed by atoms with Crippen LogP contribution in [0.15, 0.2) is 60.7 Å². The summed E-state index contributed by atoms with van der Waals surface area (Å²) in [6.45, 7) is 3.90. The molecule has 2 aromatic heterocycles. The van der Waals surface area contributed by atoms with E-state index < -0.39 is 11.8 Å². The molecule has 2 aromatic carbocycles. The zero-order valence-corrected chi connectivity index (χ0v) is 15.5. The summed E-state index contributed by atoms with van der Waals surface area (Å²) in [5, 5.41) is 5.35.